The van der Waals surface area contributed by atoms with Crippen LogP contribution in [0.3, 0.4) is 0 Å². The maximum Gasteiger partial charge on any atom is 0.329 e. The Balaban J connectivity index is 1.96. The number of hydrogen-bond donors (Lipinski definition) is 1. The van der Waals surface area contributed by atoms with E-state index in [-0.39, 0.29) is 29.1 Å². The molecule has 2 aliphatic rings. The zero-order chi connectivity index (χ0) is 14.3. The number of aromatic nitrogens is 1. The first-order valence-corrected chi connectivity index (χ1v) is 6.58. The van der Waals surface area contributed by atoms with Gasteiger partial charge in [0.05, 0.1) is 11.0 Å². The lowest BCUT2D eigenvalue weighted by molar-refractivity contribution is -0.384. The number of nitrogens with zero attached hydrogens (tertiary/aromatic N) is 4. The minimum Gasteiger partial charge on any atom is -0.393 e. The predicted octanol–water partition coefficient (Wildman–Crippen LogP) is 1.07. The van der Waals surface area contributed by atoms with E-state index in [1.54, 1.807) is 0 Å². The summed E-state index contributed by atoms with van der Waals surface area (Å²) in [6, 6.07) is 3.20. The number of nitriles is 1. The molecule has 2 fully saturated rings. The van der Waals surface area contributed by atoms with Crippen molar-refractivity contribution in [3.8, 4) is 6.07 Å². The number of anilines is 1. The fourth-order valence-electron chi connectivity index (χ4n) is 3.35. The zero-order valence-electron chi connectivity index (χ0n) is 10.8. The number of rotatable bonds is 2. The molecular weight excluding hydrogens is 260 g/mol. The highest BCUT2D eigenvalue weighted by molar-refractivity contribution is 5.65. The molecule has 0 aromatic carbocycles. The Bertz CT molecular complexity index is 598. The van der Waals surface area contributed by atoms with Gasteiger partial charge in [-0.2, -0.15) is 5.26 Å². The third-order valence-corrected chi connectivity index (χ3v) is 4.33. The average molecular weight is 274 g/mol. The Morgan fingerprint density at radius 3 is 2.95 bits per heavy atom. The van der Waals surface area contributed by atoms with Gasteiger partial charge >= 0.3 is 5.69 Å². The quantitative estimate of drug-likeness (QED) is 0.639. The molecule has 0 bridgehead atoms. The van der Waals surface area contributed by atoms with E-state index in [9.17, 15) is 15.2 Å². The molecule has 7 heteroatoms. The lowest BCUT2D eigenvalue weighted by atomic mass is 10.00. The predicted molar refractivity (Wildman–Crippen MR) is 70.0 cm³/mol. The Morgan fingerprint density at radius 1 is 1.50 bits per heavy atom. The van der Waals surface area contributed by atoms with E-state index >= 15 is 0 Å². The molecule has 1 saturated heterocycles. The molecule has 0 radical (unpaired) electrons. The summed E-state index contributed by atoms with van der Waals surface area (Å²) < 4.78 is 0. The molecule has 20 heavy (non-hydrogen) atoms. The van der Waals surface area contributed by atoms with Gasteiger partial charge in [-0.1, -0.05) is 0 Å². The first kappa shape index (κ1) is 12.8. The van der Waals surface area contributed by atoms with Crippen LogP contribution in [0.15, 0.2) is 12.3 Å². The second-order valence-corrected chi connectivity index (χ2v) is 5.37. The van der Waals surface area contributed by atoms with Crippen molar-refractivity contribution in [1.29, 1.82) is 5.26 Å². The molecular formula is C13H14N4O3. The molecule has 1 N–H and O–H groups in total. The van der Waals surface area contributed by atoms with Gasteiger partial charge in [-0.05, 0) is 24.8 Å². The van der Waals surface area contributed by atoms with Crippen molar-refractivity contribution in [3.05, 3.63) is 27.9 Å². The van der Waals surface area contributed by atoms with E-state index in [0.717, 1.165) is 12.8 Å². The van der Waals surface area contributed by atoms with Gasteiger partial charge < -0.3 is 10.0 Å². The SMILES string of the molecule is N#Cc1ccnc(N2CC3CCC(O)C3C2)c1[N+](=O)[O-]. The summed E-state index contributed by atoms with van der Waals surface area (Å²) in [6.45, 7) is 1.22. The van der Waals surface area contributed by atoms with Crippen molar-refractivity contribution in [2.24, 2.45) is 11.8 Å². The molecule has 3 atom stereocenters. The second-order valence-electron chi connectivity index (χ2n) is 5.37. The number of nitro groups is 1. The molecule has 7 nitrogen and oxygen atoms in total. The van der Waals surface area contributed by atoms with Gasteiger partial charge in [0.15, 0.2) is 0 Å². The molecule has 104 valence electrons. The van der Waals surface area contributed by atoms with E-state index in [1.807, 2.05) is 11.0 Å². The Labute approximate surface area is 115 Å². The number of pyridine rings is 1. The number of hydrogen-bond acceptors (Lipinski definition) is 6. The van der Waals surface area contributed by atoms with Crippen LogP contribution in [0, 0.1) is 33.3 Å². The first-order chi connectivity index (χ1) is 9.61. The van der Waals surface area contributed by atoms with Crippen LogP contribution in [-0.2, 0) is 0 Å². The van der Waals surface area contributed by atoms with E-state index in [2.05, 4.69) is 4.98 Å². The van der Waals surface area contributed by atoms with Crippen LogP contribution in [0.25, 0.3) is 0 Å². The Kier molecular flexibility index (Phi) is 3.03. The standard InChI is InChI=1S/C13H14N4O3/c14-5-8-3-4-15-13(12(8)17(19)20)16-6-9-1-2-11(18)10(9)7-16/h3-4,9-11,18H,1-2,6-7H2. The highest BCUT2D eigenvalue weighted by Crippen LogP contribution is 2.41. The number of aliphatic hydroxyl groups is 1. The van der Waals surface area contributed by atoms with Crippen LogP contribution < -0.4 is 4.90 Å². The van der Waals surface area contributed by atoms with Gasteiger partial charge in [0.1, 0.15) is 11.6 Å². The maximum absolute atomic E-state index is 11.2. The van der Waals surface area contributed by atoms with Gasteiger partial charge in [0.2, 0.25) is 5.82 Å². The molecule has 2 heterocycles. The van der Waals surface area contributed by atoms with Gasteiger partial charge in [-0.15, -0.1) is 0 Å². The van der Waals surface area contributed by atoms with Crippen molar-refractivity contribution in [2.75, 3.05) is 18.0 Å². The van der Waals surface area contributed by atoms with Gasteiger partial charge in [0.25, 0.3) is 0 Å². The van der Waals surface area contributed by atoms with E-state index < -0.39 is 4.92 Å². The number of fused-ring (bicyclic) bond motifs is 1. The van der Waals surface area contributed by atoms with Crippen LogP contribution in [0.4, 0.5) is 11.5 Å². The third kappa shape index (κ3) is 1.89. The minimum atomic E-state index is -0.550. The molecule has 1 aromatic heterocycles. The lowest BCUT2D eigenvalue weighted by Gasteiger charge is -2.19. The van der Waals surface area contributed by atoms with Crippen molar-refractivity contribution >= 4 is 11.5 Å². The van der Waals surface area contributed by atoms with Crippen LogP contribution in [-0.4, -0.2) is 34.2 Å². The maximum atomic E-state index is 11.2. The summed E-state index contributed by atoms with van der Waals surface area (Å²) in [5, 5.41) is 30.1. The van der Waals surface area contributed by atoms with Crippen LogP contribution in [0.5, 0.6) is 0 Å². The van der Waals surface area contributed by atoms with E-state index in [4.69, 9.17) is 5.26 Å². The van der Waals surface area contributed by atoms with Crippen molar-refractivity contribution in [1.82, 2.24) is 4.98 Å². The topological polar surface area (TPSA) is 103 Å². The zero-order valence-corrected chi connectivity index (χ0v) is 10.8. The Hall–Kier alpha value is -2.20. The highest BCUT2D eigenvalue weighted by Gasteiger charge is 2.43. The summed E-state index contributed by atoms with van der Waals surface area (Å²) in [6.07, 6.45) is 2.83. The van der Waals surface area contributed by atoms with Crippen molar-refractivity contribution in [3.63, 3.8) is 0 Å². The smallest absolute Gasteiger partial charge is 0.329 e. The molecule has 0 amide bonds. The third-order valence-electron chi connectivity index (χ3n) is 4.33. The van der Waals surface area contributed by atoms with Crippen molar-refractivity contribution in [2.45, 2.75) is 18.9 Å². The molecule has 1 aromatic rings. The minimum absolute atomic E-state index is 0.0256. The van der Waals surface area contributed by atoms with Gasteiger partial charge in [-0.3, -0.25) is 10.1 Å². The fourth-order valence-corrected chi connectivity index (χ4v) is 3.35. The highest BCUT2D eigenvalue weighted by atomic mass is 16.6. The molecule has 0 spiro atoms. The van der Waals surface area contributed by atoms with E-state index in [0.29, 0.717) is 19.0 Å². The molecule has 1 aliphatic carbocycles. The summed E-state index contributed by atoms with van der Waals surface area (Å²) in [4.78, 5) is 16.6. The van der Waals surface area contributed by atoms with Crippen LogP contribution in [0.2, 0.25) is 0 Å². The molecule has 3 unspecified atom stereocenters. The molecule has 1 aliphatic heterocycles. The summed E-state index contributed by atoms with van der Waals surface area (Å²) in [7, 11) is 0. The molecule has 3 rings (SSSR count). The monoisotopic (exact) mass is 274 g/mol. The number of aliphatic hydroxyl groups excluding tert-OH is 1. The van der Waals surface area contributed by atoms with E-state index in [1.165, 1.54) is 12.3 Å². The van der Waals surface area contributed by atoms with Crippen LogP contribution >= 0.6 is 0 Å². The summed E-state index contributed by atoms with van der Waals surface area (Å²) in [5.41, 5.74) is -0.206. The van der Waals surface area contributed by atoms with Crippen molar-refractivity contribution < 1.29 is 10.0 Å². The molecule has 1 saturated carbocycles. The fraction of sp³-hybridized carbons (Fsp3) is 0.538. The largest absolute Gasteiger partial charge is 0.393 e. The summed E-state index contributed by atoms with van der Waals surface area (Å²) in [5.74, 6) is 0.759. The normalized spacial score (nSPS) is 28.2. The second kappa shape index (κ2) is 4.72. The van der Waals surface area contributed by atoms with Crippen LogP contribution in [0.1, 0.15) is 18.4 Å². The Morgan fingerprint density at radius 2 is 2.30 bits per heavy atom. The first-order valence-electron chi connectivity index (χ1n) is 6.58. The summed E-state index contributed by atoms with van der Waals surface area (Å²) >= 11 is 0. The lowest BCUT2D eigenvalue weighted by Crippen LogP contribution is -2.26. The van der Waals surface area contributed by atoms with Gasteiger partial charge in [0, 0.05) is 25.2 Å². The average Bonchev–Trinajstić information content (AvgIpc) is 3.00. The van der Waals surface area contributed by atoms with Gasteiger partial charge in [-0.25, -0.2) is 4.98 Å².